The summed E-state index contributed by atoms with van der Waals surface area (Å²) in [5, 5.41) is 8.66. The monoisotopic (exact) mass is 176 g/mol. The summed E-state index contributed by atoms with van der Waals surface area (Å²) >= 11 is 0. The first-order valence-corrected chi connectivity index (χ1v) is 4.58. The van der Waals surface area contributed by atoms with Gasteiger partial charge in [0, 0.05) is 6.61 Å². The maximum atomic E-state index is 8.66. The fourth-order valence-electron chi connectivity index (χ4n) is 1.22. The molecule has 1 rings (SSSR count). The predicted molar refractivity (Wildman–Crippen MR) is 56.5 cm³/mol. The van der Waals surface area contributed by atoms with E-state index in [0.717, 1.165) is 6.42 Å². The van der Waals surface area contributed by atoms with E-state index in [1.807, 2.05) is 0 Å². The van der Waals surface area contributed by atoms with Crippen LogP contribution in [0, 0.1) is 6.92 Å². The van der Waals surface area contributed by atoms with E-state index in [1.165, 1.54) is 16.7 Å². The van der Waals surface area contributed by atoms with Crippen LogP contribution in [0.15, 0.2) is 30.3 Å². The number of allylic oxidation sites excluding steroid dienone is 1. The summed E-state index contributed by atoms with van der Waals surface area (Å²) in [7, 11) is 0. The molecule has 0 amide bonds. The van der Waals surface area contributed by atoms with Crippen LogP contribution < -0.4 is 0 Å². The van der Waals surface area contributed by atoms with Crippen molar-refractivity contribution in [2.75, 3.05) is 6.61 Å². The van der Waals surface area contributed by atoms with Gasteiger partial charge < -0.3 is 5.11 Å². The van der Waals surface area contributed by atoms with Crippen LogP contribution in [0.4, 0.5) is 0 Å². The van der Waals surface area contributed by atoms with Crippen molar-refractivity contribution in [2.24, 2.45) is 0 Å². The molecule has 0 fully saturated rings. The number of benzene rings is 1. The first kappa shape index (κ1) is 10.0. The summed E-state index contributed by atoms with van der Waals surface area (Å²) in [6.45, 7) is 4.38. The van der Waals surface area contributed by atoms with Gasteiger partial charge in [-0.15, -0.1) is 0 Å². The molecule has 0 bridgehead atoms. The molecule has 70 valence electrons. The molecule has 0 spiro atoms. The fraction of sp³-hybridized carbons (Fsp3) is 0.333. The minimum absolute atomic E-state index is 0.225. The first-order valence-electron chi connectivity index (χ1n) is 4.58. The van der Waals surface area contributed by atoms with Gasteiger partial charge in [0.15, 0.2) is 0 Å². The third-order valence-corrected chi connectivity index (χ3v) is 2.09. The van der Waals surface area contributed by atoms with Gasteiger partial charge in [-0.1, -0.05) is 35.9 Å². The van der Waals surface area contributed by atoms with Gasteiger partial charge in [0.25, 0.3) is 0 Å². The van der Waals surface area contributed by atoms with Crippen molar-refractivity contribution in [3.05, 3.63) is 41.5 Å². The first-order chi connectivity index (χ1) is 6.24. The third-order valence-electron chi connectivity index (χ3n) is 2.09. The highest BCUT2D eigenvalue weighted by molar-refractivity contribution is 5.63. The molecule has 1 nitrogen and oxygen atoms in total. The molecule has 0 heterocycles. The van der Waals surface area contributed by atoms with Gasteiger partial charge in [0.1, 0.15) is 0 Å². The lowest BCUT2D eigenvalue weighted by Gasteiger charge is -2.01. The molecule has 0 atom stereocenters. The van der Waals surface area contributed by atoms with Crippen LogP contribution >= 0.6 is 0 Å². The van der Waals surface area contributed by atoms with E-state index < -0.39 is 0 Å². The molecule has 0 aliphatic rings. The quantitative estimate of drug-likeness (QED) is 0.750. The Morgan fingerprint density at radius 3 is 2.46 bits per heavy atom. The molecule has 0 saturated carbocycles. The fourth-order valence-corrected chi connectivity index (χ4v) is 1.22. The largest absolute Gasteiger partial charge is 0.396 e. The Labute approximate surface area is 79.7 Å². The molecule has 0 aliphatic carbocycles. The van der Waals surface area contributed by atoms with Crippen LogP contribution in [0.5, 0.6) is 0 Å². The molecule has 0 aromatic heterocycles. The zero-order chi connectivity index (χ0) is 9.68. The molecule has 0 unspecified atom stereocenters. The third kappa shape index (κ3) is 3.03. The van der Waals surface area contributed by atoms with Gasteiger partial charge in [-0.3, -0.25) is 0 Å². The summed E-state index contributed by atoms with van der Waals surface area (Å²) in [5.74, 6) is 0. The van der Waals surface area contributed by atoms with E-state index in [-0.39, 0.29) is 6.61 Å². The molecule has 1 N–H and O–H groups in total. The number of aryl methyl sites for hydroxylation is 1. The number of rotatable bonds is 3. The summed E-state index contributed by atoms with van der Waals surface area (Å²) in [5.41, 5.74) is 3.74. The number of hydrogen-bond donors (Lipinski definition) is 1. The highest BCUT2D eigenvalue weighted by atomic mass is 16.2. The maximum Gasteiger partial charge on any atom is 0.0465 e. The lowest BCUT2D eigenvalue weighted by Crippen LogP contribution is -1.82. The molecular formula is C12H16O. The van der Waals surface area contributed by atoms with Gasteiger partial charge in [-0.05, 0) is 31.4 Å². The Kier molecular flexibility index (Phi) is 3.71. The molecule has 1 heteroatoms. The minimum Gasteiger partial charge on any atom is -0.396 e. The molecule has 1 aromatic rings. The van der Waals surface area contributed by atoms with E-state index in [1.54, 1.807) is 0 Å². The van der Waals surface area contributed by atoms with E-state index in [2.05, 4.69) is 44.2 Å². The van der Waals surface area contributed by atoms with Gasteiger partial charge in [0.05, 0.1) is 0 Å². The Morgan fingerprint density at radius 2 is 1.92 bits per heavy atom. The van der Waals surface area contributed by atoms with Crippen molar-refractivity contribution in [1.82, 2.24) is 0 Å². The zero-order valence-corrected chi connectivity index (χ0v) is 8.25. The van der Waals surface area contributed by atoms with Crippen LogP contribution in [0.2, 0.25) is 0 Å². The average molecular weight is 176 g/mol. The summed E-state index contributed by atoms with van der Waals surface area (Å²) in [4.78, 5) is 0. The summed E-state index contributed by atoms with van der Waals surface area (Å²) < 4.78 is 0. The topological polar surface area (TPSA) is 20.2 Å². The summed E-state index contributed by atoms with van der Waals surface area (Å²) in [6.07, 6.45) is 2.80. The van der Waals surface area contributed by atoms with Crippen molar-refractivity contribution in [3.63, 3.8) is 0 Å². The molecule has 0 saturated heterocycles. The number of aliphatic hydroxyl groups is 1. The Bertz CT molecular complexity index is 282. The molecule has 13 heavy (non-hydrogen) atoms. The SMILES string of the molecule is C/C(=C/CCO)c1ccc(C)cc1. The second-order valence-corrected chi connectivity index (χ2v) is 3.27. The highest BCUT2D eigenvalue weighted by Gasteiger charge is 1.93. The Morgan fingerprint density at radius 1 is 1.31 bits per heavy atom. The minimum atomic E-state index is 0.225. The molecule has 1 aromatic carbocycles. The second kappa shape index (κ2) is 4.83. The average Bonchev–Trinajstić information content (AvgIpc) is 2.15. The van der Waals surface area contributed by atoms with E-state index in [9.17, 15) is 0 Å². The van der Waals surface area contributed by atoms with Crippen molar-refractivity contribution in [1.29, 1.82) is 0 Å². The van der Waals surface area contributed by atoms with Crippen molar-refractivity contribution >= 4 is 5.57 Å². The lowest BCUT2D eigenvalue weighted by atomic mass is 10.1. The second-order valence-electron chi connectivity index (χ2n) is 3.27. The highest BCUT2D eigenvalue weighted by Crippen LogP contribution is 2.14. The predicted octanol–water partition coefficient (Wildman–Crippen LogP) is 2.78. The molecule has 0 aliphatic heterocycles. The van der Waals surface area contributed by atoms with Gasteiger partial charge in [-0.25, -0.2) is 0 Å². The van der Waals surface area contributed by atoms with Crippen molar-refractivity contribution < 1.29 is 5.11 Å². The summed E-state index contributed by atoms with van der Waals surface area (Å²) in [6, 6.07) is 8.42. The lowest BCUT2D eigenvalue weighted by molar-refractivity contribution is 0.303. The van der Waals surface area contributed by atoms with Gasteiger partial charge in [0.2, 0.25) is 0 Å². The van der Waals surface area contributed by atoms with Crippen LogP contribution in [-0.2, 0) is 0 Å². The van der Waals surface area contributed by atoms with Crippen LogP contribution in [0.1, 0.15) is 24.5 Å². The zero-order valence-electron chi connectivity index (χ0n) is 8.25. The number of aliphatic hydroxyl groups excluding tert-OH is 1. The van der Waals surface area contributed by atoms with Crippen LogP contribution in [-0.4, -0.2) is 11.7 Å². The Hall–Kier alpha value is -1.08. The van der Waals surface area contributed by atoms with Crippen LogP contribution in [0.3, 0.4) is 0 Å². The normalized spacial score (nSPS) is 11.8. The van der Waals surface area contributed by atoms with E-state index in [4.69, 9.17) is 5.11 Å². The smallest absolute Gasteiger partial charge is 0.0465 e. The van der Waals surface area contributed by atoms with E-state index >= 15 is 0 Å². The molecular weight excluding hydrogens is 160 g/mol. The van der Waals surface area contributed by atoms with E-state index in [0.29, 0.717) is 0 Å². The van der Waals surface area contributed by atoms with Gasteiger partial charge in [-0.2, -0.15) is 0 Å². The van der Waals surface area contributed by atoms with Crippen molar-refractivity contribution in [3.8, 4) is 0 Å². The van der Waals surface area contributed by atoms with Crippen LogP contribution in [0.25, 0.3) is 5.57 Å². The number of hydrogen-bond acceptors (Lipinski definition) is 1. The van der Waals surface area contributed by atoms with Crippen molar-refractivity contribution in [2.45, 2.75) is 20.3 Å². The standard InChI is InChI=1S/C12H16O/c1-10-5-7-12(8-6-10)11(2)4-3-9-13/h4-8,13H,3,9H2,1-2H3/b11-4-. The molecule has 0 radical (unpaired) electrons. The van der Waals surface area contributed by atoms with Gasteiger partial charge >= 0.3 is 0 Å². The maximum absolute atomic E-state index is 8.66. The Balaban J connectivity index is 2.77.